The lowest BCUT2D eigenvalue weighted by Gasteiger charge is -2.41. The van der Waals surface area contributed by atoms with E-state index in [4.69, 9.17) is 0 Å². The number of carbonyl (C=O) groups excluding carboxylic acids is 1. The molecule has 3 heterocycles. The summed E-state index contributed by atoms with van der Waals surface area (Å²) < 4.78 is 0. The molecule has 2 aliphatic heterocycles. The Hall–Kier alpha value is -1.42. The number of amides is 1. The smallest absolute Gasteiger partial charge is 0.272 e. The van der Waals surface area contributed by atoms with E-state index < -0.39 is 0 Å². The molecule has 1 aromatic heterocycles. The number of likely N-dealkylation sites (tertiary alicyclic amines) is 2. The van der Waals surface area contributed by atoms with Gasteiger partial charge in [-0.25, -0.2) is 4.98 Å². The highest BCUT2D eigenvalue weighted by Gasteiger charge is 2.33. The maximum absolute atomic E-state index is 12.6. The summed E-state index contributed by atoms with van der Waals surface area (Å²) in [5.74, 6) is 1.65. The molecule has 1 aromatic rings. The van der Waals surface area contributed by atoms with Crippen LogP contribution in [-0.2, 0) is 6.54 Å². The standard InChI is InChI=1S/C19H29N3O.C2H6/c1-14(2)15-10-21(11-15)12-16-6-5-7-17(20-16)18(23)22-9-8-19(3,4)13-22;1-2/h5-7,14-15H,8-13H2,1-4H3;1-2H3. The highest BCUT2D eigenvalue weighted by Crippen LogP contribution is 2.29. The van der Waals surface area contributed by atoms with Crippen molar-refractivity contribution in [2.24, 2.45) is 17.3 Å². The van der Waals surface area contributed by atoms with Crippen molar-refractivity contribution < 1.29 is 4.79 Å². The second-order valence-electron chi connectivity index (χ2n) is 8.35. The molecule has 0 unspecified atom stereocenters. The molecule has 1 amide bonds. The normalized spacial score (nSPS) is 20.2. The number of nitrogens with zero attached hydrogens (tertiary/aromatic N) is 3. The zero-order valence-corrected chi connectivity index (χ0v) is 16.9. The van der Waals surface area contributed by atoms with Gasteiger partial charge in [-0.15, -0.1) is 0 Å². The molecule has 0 aliphatic carbocycles. The molecular weight excluding hydrogens is 310 g/mol. The van der Waals surface area contributed by atoms with E-state index in [1.165, 1.54) is 0 Å². The van der Waals surface area contributed by atoms with Crippen molar-refractivity contribution in [2.45, 2.75) is 54.5 Å². The highest BCUT2D eigenvalue weighted by atomic mass is 16.2. The fourth-order valence-corrected chi connectivity index (χ4v) is 3.52. The lowest BCUT2D eigenvalue weighted by molar-refractivity contribution is 0.0600. The van der Waals surface area contributed by atoms with Crippen LogP contribution in [-0.4, -0.2) is 46.9 Å². The molecule has 3 rings (SSSR count). The van der Waals surface area contributed by atoms with Crippen LogP contribution in [0.1, 0.15) is 64.1 Å². The van der Waals surface area contributed by atoms with Gasteiger partial charge in [-0.3, -0.25) is 9.69 Å². The lowest BCUT2D eigenvalue weighted by atomic mass is 9.88. The fraction of sp³-hybridized carbons (Fsp3) is 0.714. The molecule has 0 radical (unpaired) electrons. The molecule has 4 nitrogen and oxygen atoms in total. The summed E-state index contributed by atoms with van der Waals surface area (Å²) >= 11 is 0. The van der Waals surface area contributed by atoms with Crippen LogP contribution >= 0.6 is 0 Å². The largest absolute Gasteiger partial charge is 0.337 e. The first kappa shape index (κ1) is 19.9. The third-order valence-corrected chi connectivity index (χ3v) is 5.30. The van der Waals surface area contributed by atoms with E-state index in [-0.39, 0.29) is 11.3 Å². The van der Waals surface area contributed by atoms with Crippen LogP contribution in [0.3, 0.4) is 0 Å². The van der Waals surface area contributed by atoms with Crippen molar-refractivity contribution in [1.82, 2.24) is 14.8 Å². The highest BCUT2D eigenvalue weighted by molar-refractivity contribution is 5.92. The summed E-state index contributed by atoms with van der Waals surface area (Å²) in [4.78, 5) is 21.6. The van der Waals surface area contributed by atoms with E-state index in [9.17, 15) is 4.79 Å². The van der Waals surface area contributed by atoms with Gasteiger partial charge < -0.3 is 4.90 Å². The van der Waals surface area contributed by atoms with Crippen LogP contribution in [0.4, 0.5) is 0 Å². The average Bonchev–Trinajstić information content (AvgIpc) is 2.91. The number of pyridine rings is 1. The zero-order valence-electron chi connectivity index (χ0n) is 16.9. The predicted octanol–water partition coefficient (Wildman–Crippen LogP) is 4.07. The summed E-state index contributed by atoms with van der Waals surface area (Å²) in [7, 11) is 0. The zero-order chi connectivity index (χ0) is 18.6. The molecule has 0 saturated carbocycles. The molecule has 0 bridgehead atoms. The number of hydrogen-bond donors (Lipinski definition) is 0. The first-order valence-corrected chi connectivity index (χ1v) is 9.82. The van der Waals surface area contributed by atoms with Gasteiger partial charge >= 0.3 is 0 Å². The molecular formula is C21H35N3O. The second-order valence-corrected chi connectivity index (χ2v) is 8.35. The van der Waals surface area contributed by atoms with Crippen molar-refractivity contribution in [2.75, 3.05) is 26.2 Å². The Morgan fingerprint density at radius 1 is 1.28 bits per heavy atom. The van der Waals surface area contributed by atoms with Gasteiger partial charge in [0.2, 0.25) is 0 Å². The van der Waals surface area contributed by atoms with E-state index in [1.54, 1.807) is 0 Å². The summed E-state index contributed by atoms with van der Waals surface area (Å²) in [5, 5.41) is 0. The Bertz CT molecular complexity index is 576. The quantitative estimate of drug-likeness (QED) is 0.825. The Balaban J connectivity index is 0.00000109. The number of aromatic nitrogens is 1. The van der Waals surface area contributed by atoms with Gasteiger partial charge in [-0.1, -0.05) is 47.6 Å². The van der Waals surface area contributed by atoms with Gasteiger partial charge in [0.1, 0.15) is 5.69 Å². The Morgan fingerprint density at radius 3 is 2.52 bits per heavy atom. The Labute approximate surface area is 153 Å². The summed E-state index contributed by atoms with van der Waals surface area (Å²) in [6.45, 7) is 17.9. The third-order valence-electron chi connectivity index (χ3n) is 5.30. The van der Waals surface area contributed by atoms with Crippen LogP contribution in [0.2, 0.25) is 0 Å². The molecule has 2 fully saturated rings. The van der Waals surface area contributed by atoms with Crippen LogP contribution in [0.5, 0.6) is 0 Å². The molecule has 140 valence electrons. The Kier molecular flexibility index (Phi) is 6.61. The van der Waals surface area contributed by atoms with Gasteiger partial charge in [0, 0.05) is 32.7 Å². The molecule has 2 saturated heterocycles. The minimum atomic E-state index is 0.0843. The minimum Gasteiger partial charge on any atom is -0.337 e. The monoisotopic (exact) mass is 345 g/mol. The van der Waals surface area contributed by atoms with E-state index in [2.05, 4.69) is 37.6 Å². The molecule has 2 aliphatic rings. The molecule has 4 heteroatoms. The van der Waals surface area contributed by atoms with Crippen molar-refractivity contribution in [3.63, 3.8) is 0 Å². The SMILES string of the molecule is CC.CC(C)C1CN(Cc2cccc(C(=O)N3CCC(C)(C)C3)n2)C1. The van der Waals surface area contributed by atoms with E-state index in [1.807, 2.05) is 36.9 Å². The van der Waals surface area contributed by atoms with Crippen molar-refractivity contribution in [1.29, 1.82) is 0 Å². The van der Waals surface area contributed by atoms with Gasteiger partial charge in [-0.05, 0) is 35.8 Å². The molecule has 0 N–H and O–H groups in total. The second kappa shape index (κ2) is 8.31. The van der Waals surface area contributed by atoms with Crippen LogP contribution in [0.15, 0.2) is 18.2 Å². The summed E-state index contributed by atoms with van der Waals surface area (Å²) in [6.07, 6.45) is 1.07. The van der Waals surface area contributed by atoms with Gasteiger partial charge in [0.25, 0.3) is 5.91 Å². The number of hydrogen-bond acceptors (Lipinski definition) is 3. The van der Waals surface area contributed by atoms with E-state index in [0.717, 1.165) is 56.7 Å². The topological polar surface area (TPSA) is 36.4 Å². The summed E-state index contributed by atoms with van der Waals surface area (Å²) in [5.41, 5.74) is 1.84. The van der Waals surface area contributed by atoms with Crippen LogP contribution < -0.4 is 0 Å². The third kappa shape index (κ3) is 5.04. The fourth-order valence-electron chi connectivity index (χ4n) is 3.52. The molecule has 25 heavy (non-hydrogen) atoms. The average molecular weight is 346 g/mol. The van der Waals surface area contributed by atoms with Crippen molar-refractivity contribution in [3.05, 3.63) is 29.6 Å². The van der Waals surface area contributed by atoms with Gasteiger partial charge in [0.05, 0.1) is 5.69 Å². The lowest BCUT2D eigenvalue weighted by Crippen LogP contribution is -2.48. The molecule has 0 aromatic carbocycles. The first-order chi connectivity index (χ1) is 11.8. The van der Waals surface area contributed by atoms with Crippen LogP contribution in [0, 0.1) is 17.3 Å². The van der Waals surface area contributed by atoms with Crippen molar-refractivity contribution >= 4 is 5.91 Å². The predicted molar refractivity (Wildman–Crippen MR) is 103 cm³/mol. The minimum absolute atomic E-state index is 0.0843. The van der Waals surface area contributed by atoms with Crippen molar-refractivity contribution in [3.8, 4) is 0 Å². The number of carbonyl (C=O) groups is 1. The number of rotatable bonds is 4. The van der Waals surface area contributed by atoms with E-state index in [0.29, 0.717) is 5.69 Å². The molecule has 0 atom stereocenters. The van der Waals surface area contributed by atoms with Crippen LogP contribution in [0.25, 0.3) is 0 Å². The first-order valence-electron chi connectivity index (χ1n) is 9.82. The van der Waals surface area contributed by atoms with Gasteiger partial charge in [0.15, 0.2) is 0 Å². The van der Waals surface area contributed by atoms with E-state index >= 15 is 0 Å². The molecule has 0 spiro atoms. The summed E-state index contributed by atoms with van der Waals surface area (Å²) in [6, 6.07) is 5.86. The Morgan fingerprint density at radius 2 is 1.96 bits per heavy atom. The van der Waals surface area contributed by atoms with Gasteiger partial charge in [-0.2, -0.15) is 0 Å². The maximum Gasteiger partial charge on any atom is 0.272 e. The maximum atomic E-state index is 12.6.